The van der Waals surface area contributed by atoms with Gasteiger partial charge in [-0.1, -0.05) is 35.6 Å². The van der Waals surface area contributed by atoms with Crippen molar-refractivity contribution in [3.8, 4) is 17.1 Å². The summed E-state index contributed by atoms with van der Waals surface area (Å²) in [5.41, 5.74) is 1.90. The number of carbonyl (C=O) groups excluding carboxylic acids is 1. The second-order valence-corrected chi connectivity index (χ2v) is 9.90. The van der Waals surface area contributed by atoms with Gasteiger partial charge in [-0.2, -0.15) is 0 Å². The average molecular weight is 559 g/mol. The van der Waals surface area contributed by atoms with Crippen LogP contribution in [-0.4, -0.2) is 34.8 Å². The van der Waals surface area contributed by atoms with Gasteiger partial charge in [0.2, 0.25) is 0 Å². The first-order valence-corrected chi connectivity index (χ1v) is 13.5. The number of carbonyl (C=O) groups is 2. The van der Waals surface area contributed by atoms with Gasteiger partial charge >= 0.3 is 11.9 Å². The number of furan rings is 1. The third-order valence-electron chi connectivity index (χ3n) is 6.32. The molecule has 204 valence electrons. The van der Waals surface area contributed by atoms with Gasteiger partial charge in [-0.3, -0.25) is 9.36 Å². The Kier molecular flexibility index (Phi) is 7.52. The summed E-state index contributed by atoms with van der Waals surface area (Å²) in [5.74, 6) is -0.000169. The van der Waals surface area contributed by atoms with E-state index in [0.29, 0.717) is 55.6 Å². The fourth-order valence-electron chi connectivity index (χ4n) is 4.54. The maximum atomic E-state index is 13.8. The predicted octanol–water partition coefficient (Wildman–Crippen LogP) is 4.16. The van der Waals surface area contributed by atoms with Crippen LogP contribution in [0.5, 0.6) is 5.75 Å². The third-order valence-corrected chi connectivity index (χ3v) is 7.30. The van der Waals surface area contributed by atoms with Crippen LogP contribution in [0.2, 0.25) is 0 Å². The van der Waals surface area contributed by atoms with Gasteiger partial charge in [-0.05, 0) is 62.7 Å². The van der Waals surface area contributed by atoms with Gasteiger partial charge in [-0.25, -0.2) is 14.6 Å². The molecule has 0 saturated heterocycles. The molecule has 2 aromatic heterocycles. The monoisotopic (exact) mass is 558 g/mol. The quantitative estimate of drug-likeness (QED) is 0.323. The zero-order valence-corrected chi connectivity index (χ0v) is 22.9. The van der Waals surface area contributed by atoms with E-state index in [-0.39, 0.29) is 17.7 Å². The average Bonchev–Trinajstić information content (AvgIpc) is 3.53. The molecular formula is C30H26N2O7S. The number of fused-ring (bicyclic) bond motifs is 1. The van der Waals surface area contributed by atoms with Crippen LogP contribution >= 0.6 is 11.3 Å². The molecule has 0 saturated carbocycles. The molecule has 1 aliphatic rings. The Bertz CT molecular complexity index is 1810. The van der Waals surface area contributed by atoms with Gasteiger partial charge in [0.1, 0.15) is 17.3 Å². The molecule has 0 unspecified atom stereocenters. The lowest BCUT2D eigenvalue weighted by molar-refractivity contribution is -0.139. The second kappa shape index (κ2) is 11.2. The molecule has 40 heavy (non-hydrogen) atoms. The Balaban J connectivity index is 1.60. The van der Waals surface area contributed by atoms with Gasteiger partial charge in [0.05, 0.1) is 40.6 Å². The lowest BCUT2D eigenvalue weighted by Crippen LogP contribution is -2.39. The van der Waals surface area contributed by atoms with Gasteiger partial charge in [-0.15, -0.1) is 0 Å². The second-order valence-electron chi connectivity index (χ2n) is 8.89. The lowest BCUT2D eigenvalue weighted by atomic mass is 9.96. The van der Waals surface area contributed by atoms with Crippen LogP contribution in [0.1, 0.15) is 48.5 Å². The van der Waals surface area contributed by atoms with E-state index in [1.54, 1.807) is 56.3 Å². The van der Waals surface area contributed by atoms with Crippen LogP contribution in [0.3, 0.4) is 0 Å². The fraction of sp³-hybridized carbons (Fsp3) is 0.200. The van der Waals surface area contributed by atoms with Gasteiger partial charge in [0.25, 0.3) is 5.56 Å². The largest absolute Gasteiger partial charge is 0.494 e. The standard InChI is InChI=1S/C30H26N2O7S/c1-4-37-21-11-9-18(10-12-21)26-25(29(36)38-5-2)17(3)31-30-32(26)27(33)24(40-30)16-22-13-14-23(39-22)19-7-6-8-20(15-19)28(34)35/h6-16,26H,4-5H2,1-3H3,(H,34,35)/b24-16-/t26-/m1/s1. The van der Waals surface area contributed by atoms with Crippen LogP contribution in [0.15, 0.2) is 86.1 Å². The first-order chi connectivity index (χ1) is 19.3. The summed E-state index contributed by atoms with van der Waals surface area (Å²) in [7, 11) is 0. The van der Waals surface area contributed by atoms with Crippen molar-refractivity contribution < 1.29 is 28.6 Å². The number of rotatable bonds is 8. The Morgan fingerprint density at radius 1 is 1.10 bits per heavy atom. The third kappa shape index (κ3) is 5.13. The molecule has 0 spiro atoms. The zero-order valence-electron chi connectivity index (χ0n) is 22.0. The molecule has 0 aliphatic carbocycles. The van der Waals surface area contributed by atoms with Crippen molar-refractivity contribution in [1.29, 1.82) is 0 Å². The summed E-state index contributed by atoms with van der Waals surface area (Å²) >= 11 is 1.19. The Hall–Kier alpha value is -4.70. The topological polar surface area (TPSA) is 120 Å². The summed E-state index contributed by atoms with van der Waals surface area (Å²) in [4.78, 5) is 43.2. The number of aromatic nitrogens is 1. The number of benzene rings is 2. The molecule has 1 aliphatic heterocycles. The molecule has 0 bridgehead atoms. The van der Waals surface area contributed by atoms with Gasteiger partial charge in [0, 0.05) is 11.6 Å². The van der Waals surface area contributed by atoms with E-state index in [9.17, 15) is 19.5 Å². The summed E-state index contributed by atoms with van der Waals surface area (Å²) < 4.78 is 18.7. The number of carboxylic acid groups (broad SMARTS) is 1. The van der Waals surface area contributed by atoms with Crippen molar-refractivity contribution in [2.24, 2.45) is 4.99 Å². The summed E-state index contributed by atoms with van der Waals surface area (Å²) in [6.45, 7) is 6.05. The summed E-state index contributed by atoms with van der Waals surface area (Å²) in [5, 5.41) is 9.29. The minimum Gasteiger partial charge on any atom is -0.494 e. The molecular weight excluding hydrogens is 532 g/mol. The zero-order chi connectivity index (χ0) is 28.4. The molecule has 4 aromatic rings. The highest BCUT2D eigenvalue weighted by atomic mass is 32.1. The smallest absolute Gasteiger partial charge is 0.338 e. The maximum absolute atomic E-state index is 13.8. The first kappa shape index (κ1) is 26.9. The number of aromatic carboxylic acids is 1. The van der Waals surface area contributed by atoms with Crippen LogP contribution in [0.4, 0.5) is 0 Å². The van der Waals surface area contributed by atoms with Crippen molar-refractivity contribution >= 4 is 29.4 Å². The van der Waals surface area contributed by atoms with E-state index in [4.69, 9.17) is 13.9 Å². The molecule has 0 fully saturated rings. The van der Waals surface area contributed by atoms with Crippen molar-refractivity contribution in [3.05, 3.63) is 109 Å². The van der Waals surface area contributed by atoms with Crippen molar-refractivity contribution in [3.63, 3.8) is 0 Å². The highest BCUT2D eigenvalue weighted by molar-refractivity contribution is 7.07. The fourth-order valence-corrected chi connectivity index (χ4v) is 5.57. The van der Waals surface area contributed by atoms with E-state index in [1.807, 2.05) is 19.1 Å². The number of allylic oxidation sites excluding steroid dienone is 1. The Morgan fingerprint density at radius 2 is 1.88 bits per heavy atom. The molecule has 5 rings (SSSR count). The molecule has 0 amide bonds. The minimum atomic E-state index is -1.03. The highest BCUT2D eigenvalue weighted by Gasteiger charge is 2.33. The molecule has 3 heterocycles. The number of hydrogen-bond acceptors (Lipinski definition) is 8. The maximum Gasteiger partial charge on any atom is 0.338 e. The number of esters is 1. The number of nitrogens with zero attached hydrogens (tertiary/aromatic N) is 2. The van der Waals surface area contributed by atoms with Gasteiger partial charge in [0.15, 0.2) is 4.80 Å². The van der Waals surface area contributed by atoms with Crippen molar-refractivity contribution in [1.82, 2.24) is 4.57 Å². The van der Waals surface area contributed by atoms with E-state index in [0.717, 1.165) is 0 Å². The molecule has 0 radical (unpaired) electrons. The molecule has 1 atom stereocenters. The first-order valence-electron chi connectivity index (χ1n) is 12.7. The predicted molar refractivity (Wildman–Crippen MR) is 149 cm³/mol. The van der Waals surface area contributed by atoms with E-state index in [2.05, 4.69) is 4.99 Å². The van der Waals surface area contributed by atoms with Crippen LogP contribution in [0.25, 0.3) is 17.4 Å². The molecule has 2 aromatic carbocycles. The Labute approximate surface area is 232 Å². The molecule has 1 N–H and O–H groups in total. The molecule has 9 nitrogen and oxygen atoms in total. The number of hydrogen-bond donors (Lipinski definition) is 1. The van der Waals surface area contributed by atoms with Crippen LogP contribution in [-0.2, 0) is 9.53 Å². The normalized spacial score (nSPS) is 15.0. The lowest BCUT2D eigenvalue weighted by Gasteiger charge is -2.24. The van der Waals surface area contributed by atoms with E-state index in [1.165, 1.54) is 28.0 Å². The SMILES string of the molecule is CCOC(=O)C1=C(C)N=c2s/c(=C\c3ccc(-c4cccc(C(=O)O)c4)o3)c(=O)n2[C@@H]1c1ccc(OCC)cc1. The minimum absolute atomic E-state index is 0.144. The van der Waals surface area contributed by atoms with Crippen LogP contribution in [0, 0.1) is 0 Å². The van der Waals surface area contributed by atoms with Crippen molar-refractivity contribution in [2.75, 3.05) is 13.2 Å². The molecule has 10 heteroatoms. The van der Waals surface area contributed by atoms with Crippen molar-refractivity contribution in [2.45, 2.75) is 26.8 Å². The summed E-state index contributed by atoms with van der Waals surface area (Å²) in [6.07, 6.45) is 1.62. The van der Waals surface area contributed by atoms with E-state index >= 15 is 0 Å². The highest BCUT2D eigenvalue weighted by Crippen LogP contribution is 2.31. The summed E-state index contributed by atoms with van der Waals surface area (Å²) in [6, 6.07) is 16.4. The van der Waals surface area contributed by atoms with Gasteiger partial charge < -0.3 is 19.0 Å². The number of ether oxygens (including phenoxy) is 2. The number of carboxylic acids is 1. The number of thiazole rings is 1. The van der Waals surface area contributed by atoms with Crippen LogP contribution < -0.4 is 19.6 Å². The van der Waals surface area contributed by atoms with E-state index < -0.39 is 18.0 Å². The Morgan fingerprint density at radius 3 is 2.58 bits per heavy atom.